The fraction of sp³-hybridized carbons (Fsp3) is 0.0625. The molecular formula is C16H11ClN4O4. The molecule has 25 heavy (non-hydrogen) atoms. The first-order chi connectivity index (χ1) is 12.0. The predicted octanol–water partition coefficient (Wildman–Crippen LogP) is 3.86. The van der Waals surface area contributed by atoms with Crippen LogP contribution < -0.4 is 5.32 Å². The Hall–Kier alpha value is -3.26. The Balaban J connectivity index is 1.95. The number of nitrogens with one attached hydrogen (secondary N) is 1. The molecule has 0 aliphatic heterocycles. The van der Waals surface area contributed by atoms with Crippen molar-refractivity contribution in [1.29, 1.82) is 0 Å². The molecule has 0 radical (unpaired) electrons. The summed E-state index contributed by atoms with van der Waals surface area (Å²) in [4.78, 5) is 26.9. The van der Waals surface area contributed by atoms with E-state index in [2.05, 4.69) is 15.5 Å². The van der Waals surface area contributed by atoms with Crippen LogP contribution in [0, 0.1) is 17.0 Å². The number of carbonyl (C=O) groups excluding carboxylic acids is 1. The minimum atomic E-state index is -0.595. The Morgan fingerprint density at radius 3 is 2.72 bits per heavy atom. The maximum Gasteiger partial charge on any atom is 0.270 e. The van der Waals surface area contributed by atoms with Crippen LogP contribution in [0.25, 0.3) is 11.5 Å². The van der Waals surface area contributed by atoms with Crippen LogP contribution in [0.5, 0.6) is 0 Å². The second-order valence-electron chi connectivity index (χ2n) is 5.07. The monoisotopic (exact) mass is 358 g/mol. The van der Waals surface area contributed by atoms with Crippen LogP contribution in [-0.4, -0.2) is 21.0 Å². The first kappa shape index (κ1) is 16.6. The number of nitro groups is 1. The van der Waals surface area contributed by atoms with Gasteiger partial charge >= 0.3 is 0 Å². The highest BCUT2D eigenvalue weighted by atomic mass is 35.5. The van der Waals surface area contributed by atoms with E-state index in [0.717, 1.165) is 6.07 Å². The van der Waals surface area contributed by atoms with E-state index >= 15 is 0 Å². The largest absolute Gasteiger partial charge is 0.334 e. The molecule has 0 aliphatic carbocycles. The molecule has 8 nitrogen and oxygen atoms in total. The third-order valence-corrected chi connectivity index (χ3v) is 3.67. The van der Waals surface area contributed by atoms with Crippen LogP contribution in [0.4, 0.5) is 11.4 Å². The van der Waals surface area contributed by atoms with Gasteiger partial charge in [0.15, 0.2) is 5.82 Å². The van der Waals surface area contributed by atoms with Crippen molar-refractivity contribution in [3.8, 4) is 11.5 Å². The van der Waals surface area contributed by atoms with Crippen LogP contribution in [0.15, 0.2) is 47.0 Å². The molecule has 2 aromatic carbocycles. The quantitative estimate of drug-likeness (QED) is 0.560. The lowest BCUT2D eigenvalue weighted by molar-refractivity contribution is -0.384. The molecular weight excluding hydrogens is 348 g/mol. The zero-order valence-electron chi connectivity index (χ0n) is 12.9. The number of non-ortho nitro benzene ring substituents is 1. The van der Waals surface area contributed by atoms with Gasteiger partial charge in [-0.05, 0) is 25.1 Å². The average molecular weight is 359 g/mol. The van der Waals surface area contributed by atoms with Gasteiger partial charge in [0, 0.05) is 12.1 Å². The molecule has 1 amide bonds. The third-order valence-electron chi connectivity index (χ3n) is 3.34. The van der Waals surface area contributed by atoms with Gasteiger partial charge in [0.1, 0.15) is 0 Å². The van der Waals surface area contributed by atoms with Gasteiger partial charge in [-0.1, -0.05) is 28.9 Å². The molecule has 0 atom stereocenters. The fourth-order valence-corrected chi connectivity index (χ4v) is 2.38. The van der Waals surface area contributed by atoms with Crippen molar-refractivity contribution >= 4 is 28.9 Å². The van der Waals surface area contributed by atoms with Crippen molar-refractivity contribution in [3.63, 3.8) is 0 Å². The van der Waals surface area contributed by atoms with Crippen LogP contribution in [-0.2, 0) is 0 Å². The highest BCUT2D eigenvalue weighted by Crippen LogP contribution is 2.28. The minimum absolute atomic E-state index is 0.00706. The summed E-state index contributed by atoms with van der Waals surface area (Å²) in [5.41, 5.74) is 0.708. The number of hydrogen-bond donors (Lipinski definition) is 1. The first-order valence-electron chi connectivity index (χ1n) is 7.10. The minimum Gasteiger partial charge on any atom is -0.334 e. The number of aromatic nitrogens is 2. The standard InChI is InChI=1S/C16H11ClN4O4/c1-9-18-16(25-20-9)11-4-2-3-5-14(11)19-15(22)12-8-10(21(23)24)6-7-13(12)17/h2-8H,1H3,(H,19,22). The molecule has 1 N–H and O–H groups in total. The number of para-hydroxylation sites is 1. The van der Waals surface area contributed by atoms with Crippen LogP contribution >= 0.6 is 11.6 Å². The second-order valence-corrected chi connectivity index (χ2v) is 5.47. The van der Waals surface area contributed by atoms with Crippen molar-refractivity contribution < 1.29 is 14.2 Å². The van der Waals surface area contributed by atoms with Crippen molar-refractivity contribution in [2.45, 2.75) is 6.92 Å². The zero-order chi connectivity index (χ0) is 18.0. The predicted molar refractivity (Wildman–Crippen MR) is 90.5 cm³/mol. The van der Waals surface area contributed by atoms with E-state index < -0.39 is 10.8 Å². The van der Waals surface area contributed by atoms with Crippen LogP contribution in [0.1, 0.15) is 16.2 Å². The molecule has 1 heterocycles. The summed E-state index contributed by atoms with van der Waals surface area (Å²) in [6.07, 6.45) is 0. The number of benzene rings is 2. The summed E-state index contributed by atoms with van der Waals surface area (Å²) in [6, 6.07) is 10.5. The lowest BCUT2D eigenvalue weighted by Crippen LogP contribution is -2.13. The number of amides is 1. The molecule has 0 fully saturated rings. The molecule has 1 aromatic heterocycles. The summed E-state index contributed by atoms with van der Waals surface area (Å²) >= 11 is 6.00. The fourth-order valence-electron chi connectivity index (χ4n) is 2.18. The van der Waals surface area contributed by atoms with Crippen molar-refractivity contribution in [2.24, 2.45) is 0 Å². The van der Waals surface area contributed by atoms with E-state index in [-0.39, 0.29) is 22.2 Å². The topological polar surface area (TPSA) is 111 Å². The van der Waals surface area contributed by atoms with E-state index in [1.807, 2.05) is 0 Å². The SMILES string of the molecule is Cc1noc(-c2ccccc2NC(=O)c2cc([N+](=O)[O-])ccc2Cl)n1. The highest BCUT2D eigenvalue weighted by molar-refractivity contribution is 6.34. The van der Waals surface area contributed by atoms with Gasteiger partial charge in [-0.15, -0.1) is 0 Å². The normalized spacial score (nSPS) is 10.5. The molecule has 0 saturated carbocycles. The number of aryl methyl sites for hydroxylation is 1. The van der Waals surface area contributed by atoms with E-state index in [1.54, 1.807) is 31.2 Å². The molecule has 126 valence electrons. The second kappa shape index (κ2) is 6.70. The van der Waals surface area contributed by atoms with Crippen LogP contribution in [0.3, 0.4) is 0 Å². The highest BCUT2D eigenvalue weighted by Gasteiger charge is 2.18. The Bertz CT molecular complexity index is 970. The van der Waals surface area contributed by atoms with E-state index in [0.29, 0.717) is 17.1 Å². The zero-order valence-corrected chi connectivity index (χ0v) is 13.6. The van der Waals surface area contributed by atoms with E-state index in [9.17, 15) is 14.9 Å². The number of nitro benzene ring substituents is 1. The summed E-state index contributed by atoms with van der Waals surface area (Å²) in [5, 5.41) is 17.4. The Morgan fingerprint density at radius 2 is 2.04 bits per heavy atom. The summed E-state index contributed by atoms with van der Waals surface area (Å²) in [7, 11) is 0. The lowest BCUT2D eigenvalue weighted by atomic mass is 10.1. The number of anilines is 1. The summed E-state index contributed by atoms with van der Waals surface area (Å²) in [6.45, 7) is 1.68. The Morgan fingerprint density at radius 1 is 1.28 bits per heavy atom. The van der Waals surface area contributed by atoms with Crippen LogP contribution in [0.2, 0.25) is 5.02 Å². The molecule has 3 aromatic rings. The average Bonchev–Trinajstić information content (AvgIpc) is 3.01. The lowest BCUT2D eigenvalue weighted by Gasteiger charge is -2.09. The molecule has 0 spiro atoms. The third kappa shape index (κ3) is 3.48. The van der Waals surface area contributed by atoms with E-state index in [1.165, 1.54) is 12.1 Å². The molecule has 0 saturated heterocycles. The van der Waals surface area contributed by atoms with Gasteiger partial charge in [0.2, 0.25) is 0 Å². The molecule has 0 aliphatic rings. The van der Waals surface area contributed by atoms with Crippen molar-refractivity contribution in [2.75, 3.05) is 5.32 Å². The van der Waals surface area contributed by atoms with Gasteiger partial charge in [-0.2, -0.15) is 4.98 Å². The number of halogens is 1. The van der Waals surface area contributed by atoms with Gasteiger partial charge < -0.3 is 9.84 Å². The first-order valence-corrected chi connectivity index (χ1v) is 7.48. The smallest absolute Gasteiger partial charge is 0.270 e. The van der Waals surface area contributed by atoms with E-state index in [4.69, 9.17) is 16.1 Å². The summed E-state index contributed by atoms with van der Waals surface area (Å²) < 4.78 is 5.12. The maximum atomic E-state index is 12.5. The number of nitrogens with zero attached hydrogens (tertiary/aromatic N) is 3. The number of rotatable bonds is 4. The Labute approximate surface area is 146 Å². The molecule has 9 heteroatoms. The van der Waals surface area contributed by atoms with Gasteiger partial charge in [0.25, 0.3) is 17.5 Å². The molecule has 3 rings (SSSR count). The van der Waals surface area contributed by atoms with Crippen molar-refractivity contribution in [3.05, 3.63) is 69.0 Å². The van der Waals surface area contributed by atoms with Gasteiger partial charge in [-0.3, -0.25) is 14.9 Å². The molecule has 0 unspecified atom stereocenters. The van der Waals surface area contributed by atoms with Gasteiger partial charge in [0.05, 0.1) is 26.8 Å². The number of carbonyl (C=O) groups is 1. The van der Waals surface area contributed by atoms with Crippen molar-refractivity contribution in [1.82, 2.24) is 10.1 Å². The summed E-state index contributed by atoms with van der Waals surface area (Å²) in [5.74, 6) is 0.119. The molecule has 0 bridgehead atoms. The Kier molecular flexibility index (Phi) is 4.44. The maximum absolute atomic E-state index is 12.5. The number of hydrogen-bond acceptors (Lipinski definition) is 6. The van der Waals surface area contributed by atoms with Gasteiger partial charge in [-0.25, -0.2) is 0 Å².